The Kier molecular flexibility index (Phi) is 9.71. The molecule has 0 aliphatic rings. The molecule has 0 aliphatic heterocycles. The van der Waals surface area contributed by atoms with Crippen molar-refractivity contribution in [1.82, 2.24) is 0 Å². The lowest BCUT2D eigenvalue weighted by molar-refractivity contribution is -0.00246. The van der Waals surface area contributed by atoms with E-state index in [0.29, 0.717) is 17.9 Å². The molecule has 2 N–H and O–H groups in total. The molecule has 0 bridgehead atoms. The Labute approximate surface area is 177 Å². The molecule has 0 amide bonds. The molecule has 0 aliphatic carbocycles. The van der Waals surface area contributed by atoms with Crippen LogP contribution in [0.1, 0.15) is 79.0 Å². The number of unbranched alkanes of at least 4 members (excludes halogenated alkanes) is 6. The van der Waals surface area contributed by atoms with Crippen LogP contribution in [0.5, 0.6) is 11.5 Å². The van der Waals surface area contributed by atoms with Crippen molar-refractivity contribution in [2.45, 2.75) is 64.6 Å². The van der Waals surface area contributed by atoms with Gasteiger partial charge in [0.25, 0.3) is 0 Å². The molecular weight excluding hydrogens is 384 g/mol. The molecule has 0 atom stereocenters. The van der Waals surface area contributed by atoms with Crippen LogP contribution in [0.4, 0.5) is 0 Å². The van der Waals surface area contributed by atoms with Gasteiger partial charge in [-0.05, 0) is 55.0 Å². The van der Waals surface area contributed by atoms with E-state index in [1.807, 2.05) is 0 Å². The van der Waals surface area contributed by atoms with E-state index in [1.54, 1.807) is 24.3 Å². The zero-order chi connectivity index (χ0) is 21.8. The highest BCUT2D eigenvalue weighted by molar-refractivity contribution is 5.88. The molecular formula is C24H30O6. The van der Waals surface area contributed by atoms with Gasteiger partial charge in [-0.25, -0.2) is 9.59 Å². The zero-order valence-corrected chi connectivity index (χ0v) is 17.4. The summed E-state index contributed by atoms with van der Waals surface area (Å²) in [6, 6.07) is 12.4. The summed E-state index contributed by atoms with van der Waals surface area (Å²) in [6.45, 7) is 2.20. The molecule has 162 valence electrons. The second-order valence-electron chi connectivity index (χ2n) is 7.23. The summed E-state index contributed by atoms with van der Waals surface area (Å²) >= 11 is 0. The summed E-state index contributed by atoms with van der Waals surface area (Å²) in [5.74, 6) is -0.933. The summed E-state index contributed by atoms with van der Waals surface area (Å²) in [6.07, 6.45) is 8.32. The third kappa shape index (κ3) is 8.15. The standard InChI is InChI=1S/C24H30O6/c1-2-3-4-5-6-7-8-9-22(29-20-14-10-18(11-15-20)23(25)26)30-21-16-12-19(13-17-21)24(27)28/h10-17,22H,2-9H2,1H3,(H,25,26)(H,27,28). The van der Waals surface area contributed by atoms with E-state index in [-0.39, 0.29) is 11.1 Å². The average Bonchev–Trinajstić information content (AvgIpc) is 2.73. The Balaban J connectivity index is 1.96. The van der Waals surface area contributed by atoms with Crippen molar-refractivity contribution in [1.29, 1.82) is 0 Å². The van der Waals surface area contributed by atoms with Crippen molar-refractivity contribution >= 4 is 11.9 Å². The molecule has 6 heteroatoms. The topological polar surface area (TPSA) is 93.1 Å². The molecule has 0 saturated carbocycles. The third-order valence-corrected chi connectivity index (χ3v) is 4.78. The summed E-state index contributed by atoms with van der Waals surface area (Å²) < 4.78 is 11.9. The van der Waals surface area contributed by atoms with E-state index < -0.39 is 18.2 Å². The lowest BCUT2D eigenvalue weighted by Crippen LogP contribution is -2.24. The number of ether oxygens (including phenoxy) is 2. The molecule has 0 spiro atoms. The van der Waals surface area contributed by atoms with Crippen LogP contribution in [-0.4, -0.2) is 28.4 Å². The maximum Gasteiger partial charge on any atom is 0.335 e. The first-order valence-corrected chi connectivity index (χ1v) is 10.5. The number of benzene rings is 2. The third-order valence-electron chi connectivity index (χ3n) is 4.78. The second kappa shape index (κ2) is 12.5. The highest BCUT2D eigenvalue weighted by Gasteiger charge is 2.14. The first-order chi connectivity index (χ1) is 14.5. The largest absolute Gasteiger partial charge is 0.478 e. The minimum atomic E-state index is -0.990. The van der Waals surface area contributed by atoms with Crippen LogP contribution in [0.15, 0.2) is 48.5 Å². The van der Waals surface area contributed by atoms with Crippen LogP contribution in [0.3, 0.4) is 0 Å². The number of carboxylic acids is 2. The smallest absolute Gasteiger partial charge is 0.335 e. The molecule has 0 unspecified atom stereocenters. The van der Waals surface area contributed by atoms with Crippen molar-refractivity contribution in [3.05, 3.63) is 59.7 Å². The average molecular weight is 414 g/mol. The van der Waals surface area contributed by atoms with Crippen LogP contribution in [0, 0.1) is 0 Å². The van der Waals surface area contributed by atoms with Crippen LogP contribution in [0.25, 0.3) is 0 Å². The number of hydrogen-bond donors (Lipinski definition) is 2. The van der Waals surface area contributed by atoms with Crippen molar-refractivity contribution in [3.63, 3.8) is 0 Å². The van der Waals surface area contributed by atoms with Gasteiger partial charge in [-0.3, -0.25) is 0 Å². The van der Waals surface area contributed by atoms with Gasteiger partial charge in [0.05, 0.1) is 11.1 Å². The van der Waals surface area contributed by atoms with E-state index in [4.69, 9.17) is 19.7 Å². The van der Waals surface area contributed by atoms with Crippen LogP contribution < -0.4 is 9.47 Å². The Bertz CT molecular complexity index is 723. The lowest BCUT2D eigenvalue weighted by atomic mass is 10.1. The maximum absolute atomic E-state index is 11.0. The van der Waals surface area contributed by atoms with E-state index in [9.17, 15) is 9.59 Å². The van der Waals surface area contributed by atoms with Gasteiger partial charge in [0.2, 0.25) is 6.29 Å². The SMILES string of the molecule is CCCCCCCCCC(Oc1ccc(C(=O)O)cc1)Oc1ccc(C(=O)O)cc1. The van der Waals surface area contributed by atoms with Gasteiger partial charge in [-0.2, -0.15) is 0 Å². The van der Waals surface area contributed by atoms with E-state index in [0.717, 1.165) is 12.8 Å². The van der Waals surface area contributed by atoms with Gasteiger partial charge in [-0.15, -0.1) is 0 Å². The van der Waals surface area contributed by atoms with E-state index >= 15 is 0 Å². The highest BCUT2D eigenvalue weighted by atomic mass is 16.7. The molecule has 0 fully saturated rings. The first-order valence-electron chi connectivity index (χ1n) is 10.5. The van der Waals surface area contributed by atoms with Gasteiger partial charge in [0, 0.05) is 6.42 Å². The van der Waals surface area contributed by atoms with Gasteiger partial charge >= 0.3 is 11.9 Å². The summed E-state index contributed by atoms with van der Waals surface area (Å²) in [5.41, 5.74) is 0.382. The Morgan fingerprint density at radius 2 is 1.10 bits per heavy atom. The van der Waals surface area contributed by atoms with Crippen molar-refractivity contribution in [2.24, 2.45) is 0 Å². The van der Waals surface area contributed by atoms with Crippen molar-refractivity contribution in [3.8, 4) is 11.5 Å². The summed E-state index contributed by atoms with van der Waals surface area (Å²) in [7, 11) is 0. The molecule has 0 saturated heterocycles. The number of hydrogen-bond acceptors (Lipinski definition) is 4. The Morgan fingerprint density at radius 1 is 0.700 bits per heavy atom. The molecule has 2 aromatic rings. The number of carbonyl (C=O) groups is 2. The monoisotopic (exact) mass is 414 g/mol. The minimum absolute atomic E-state index is 0.191. The minimum Gasteiger partial charge on any atom is -0.478 e. The molecule has 6 nitrogen and oxygen atoms in total. The Morgan fingerprint density at radius 3 is 1.50 bits per heavy atom. The van der Waals surface area contributed by atoms with E-state index in [2.05, 4.69) is 6.92 Å². The fourth-order valence-electron chi connectivity index (χ4n) is 3.07. The van der Waals surface area contributed by atoms with Crippen LogP contribution >= 0.6 is 0 Å². The van der Waals surface area contributed by atoms with Crippen molar-refractivity contribution in [2.75, 3.05) is 0 Å². The fourth-order valence-corrected chi connectivity index (χ4v) is 3.07. The lowest BCUT2D eigenvalue weighted by Gasteiger charge is -2.21. The van der Waals surface area contributed by atoms with Crippen LogP contribution in [-0.2, 0) is 0 Å². The molecule has 2 rings (SSSR count). The van der Waals surface area contributed by atoms with E-state index in [1.165, 1.54) is 56.4 Å². The van der Waals surface area contributed by atoms with Gasteiger partial charge in [0.15, 0.2) is 0 Å². The normalized spacial score (nSPS) is 10.7. The number of aromatic carboxylic acids is 2. The molecule has 30 heavy (non-hydrogen) atoms. The van der Waals surface area contributed by atoms with Gasteiger partial charge < -0.3 is 19.7 Å². The second-order valence-corrected chi connectivity index (χ2v) is 7.23. The summed E-state index contributed by atoms with van der Waals surface area (Å²) in [5, 5.41) is 18.1. The number of carboxylic acid groups (broad SMARTS) is 2. The fraction of sp³-hybridized carbons (Fsp3) is 0.417. The van der Waals surface area contributed by atoms with Crippen LogP contribution in [0.2, 0.25) is 0 Å². The quantitative estimate of drug-likeness (QED) is 0.290. The van der Waals surface area contributed by atoms with Gasteiger partial charge in [-0.1, -0.05) is 45.4 Å². The van der Waals surface area contributed by atoms with Crippen molar-refractivity contribution < 1.29 is 29.3 Å². The highest BCUT2D eigenvalue weighted by Crippen LogP contribution is 2.21. The zero-order valence-electron chi connectivity index (χ0n) is 17.4. The molecule has 2 aromatic carbocycles. The summed E-state index contributed by atoms with van der Waals surface area (Å²) in [4.78, 5) is 22.0. The molecule has 0 aromatic heterocycles. The predicted octanol–water partition coefficient (Wildman–Crippen LogP) is 6.01. The maximum atomic E-state index is 11.0. The molecule has 0 radical (unpaired) electrons. The first kappa shape index (κ1) is 23.3. The predicted molar refractivity (Wildman–Crippen MR) is 114 cm³/mol. The Hall–Kier alpha value is -3.02. The number of rotatable bonds is 14. The van der Waals surface area contributed by atoms with Gasteiger partial charge in [0.1, 0.15) is 11.5 Å². The molecule has 0 heterocycles.